The van der Waals surface area contributed by atoms with Crippen molar-refractivity contribution in [3.05, 3.63) is 30.3 Å². The summed E-state index contributed by atoms with van der Waals surface area (Å²) in [7, 11) is -3.04. The van der Waals surface area contributed by atoms with Gasteiger partial charge in [-0.15, -0.1) is 0 Å². The van der Waals surface area contributed by atoms with Crippen LogP contribution < -0.4 is 15.5 Å². The van der Waals surface area contributed by atoms with Gasteiger partial charge in [0.05, 0.1) is 12.3 Å². The summed E-state index contributed by atoms with van der Waals surface area (Å²) in [6.07, 6.45) is 1.78. The van der Waals surface area contributed by atoms with Gasteiger partial charge in [0.25, 0.3) is 0 Å². The number of para-hydroxylation sites is 1. The van der Waals surface area contributed by atoms with Crippen molar-refractivity contribution in [1.82, 2.24) is 14.9 Å². The largest absolute Gasteiger partial charge is 0.369 e. The van der Waals surface area contributed by atoms with E-state index in [9.17, 15) is 8.42 Å². The molecule has 1 atom stereocenters. The molecule has 7 nitrogen and oxygen atoms in total. The zero-order valence-electron chi connectivity index (χ0n) is 15.4. The molecule has 2 saturated heterocycles. The number of sulfonamides is 1. The molecule has 2 heterocycles. The Bertz CT molecular complexity index is 708. The Morgan fingerprint density at radius 1 is 1.27 bits per heavy atom. The number of hydrogen-bond donors (Lipinski definition) is 2. The van der Waals surface area contributed by atoms with Crippen LogP contribution in [-0.2, 0) is 10.0 Å². The van der Waals surface area contributed by atoms with E-state index in [1.807, 2.05) is 13.0 Å². The van der Waals surface area contributed by atoms with Crippen LogP contribution in [-0.4, -0.2) is 69.7 Å². The van der Waals surface area contributed by atoms with Crippen LogP contribution in [0.3, 0.4) is 0 Å². The number of nitrogens with one attached hydrogen (secondary N) is 2. The van der Waals surface area contributed by atoms with E-state index in [0.29, 0.717) is 25.7 Å². The zero-order valence-corrected chi connectivity index (χ0v) is 16.2. The van der Waals surface area contributed by atoms with Gasteiger partial charge < -0.3 is 15.5 Å². The standard InChI is InChI=1S/C18H29N5O2S/c1-2-19-18(20-10-13-23-11-6-14-26(23,24)25)21-16-9-12-22(15-16)17-7-4-3-5-8-17/h3-5,7-8,16H,2,6,9-15H2,1H3,(H2,19,20,21). The lowest BCUT2D eigenvalue weighted by Gasteiger charge is -2.20. The van der Waals surface area contributed by atoms with Gasteiger partial charge >= 0.3 is 0 Å². The van der Waals surface area contributed by atoms with Crippen molar-refractivity contribution in [2.45, 2.75) is 25.8 Å². The van der Waals surface area contributed by atoms with E-state index < -0.39 is 10.0 Å². The van der Waals surface area contributed by atoms with Crippen molar-refractivity contribution >= 4 is 21.7 Å². The second kappa shape index (κ2) is 8.73. The Labute approximate surface area is 156 Å². The minimum absolute atomic E-state index is 0.270. The molecule has 144 valence electrons. The third kappa shape index (κ3) is 4.88. The second-order valence-electron chi connectivity index (χ2n) is 6.74. The fourth-order valence-electron chi connectivity index (χ4n) is 3.48. The molecule has 0 amide bonds. The lowest BCUT2D eigenvalue weighted by Crippen LogP contribution is -2.45. The predicted octanol–water partition coefficient (Wildman–Crippen LogP) is 0.856. The van der Waals surface area contributed by atoms with Crippen molar-refractivity contribution in [3.8, 4) is 0 Å². The van der Waals surface area contributed by atoms with Gasteiger partial charge in [-0.3, -0.25) is 4.99 Å². The summed E-state index contributed by atoms with van der Waals surface area (Å²) in [5.41, 5.74) is 1.25. The molecule has 1 aromatic rings. The summed E-state index contributed by atoms with van der Waals surface area (Å²) < 4.78 is 25.3. The highest BCUT2D eigenvalue weighted by Gasteiger charge is 2.27. The summed E-state index contributed by atoms with van der Waals surface area (Å²) in [5.74, 6) is 1.04. The molecule has 1 aromatic carbocycles. The number of rotatable bonds is 6. The molecule has 8 heteroatoms. The molecule has 26 heavy (non-hydrogen) atoms. The molecule has 0 aromatic heterocycles. The first-order valence-electron chi connectivity index (χ1n) is 9.41. The van der Waals surface area contributed by atoms with Crippen LogP contribution >= 0.6 is 0 Å². The summed E-state index contributed by atoms with van der Waals surface area (Å²) in [6.45, 7) is 6.33. The fourth-order valence-corrected chi connectivity index (χ4v) is 5.00. The SMILES string of the molecule is CCNC(=NCCN1CCCS1(=O)=O)NC1CCN(c2ccccc2)C1. The first-order valence-corrected chi connectivity index (χ1v) is 11.0. The number of guanidine groups is 1. The Hall–Kier alpha value is -1.80. The average Bonchev–Trinajstić information content (AvgIpc) is 3.22. The molecule has 2 aliphatic rings. The molecule has 2 N–H and O–H groups in total. The number of anilines is 1. The molecule has 0 radical (unpaired) electrons. The lowest BCUT2D eigenvalue weighted by atomic mass is 10.3. The number of hydrogen-bond acceptors (Lipinski definition) is 4. The van der Waals surface area contributed by atoms with Crippen molar-refractivity contribution < 1.29 is 8.42 Å². The van der Waals surface area contributed by atoms with Gasteiger partial charge in [-0.25, -0.2) is 12.7 Å². The van der Waals surface area contributed by atoms with Crippen molar-refractivity contribution in [1.29, 1.82) is 0 Å². The molecule has 2 fully saturated rings. The van der Waals surface area contributed by atoms with Crippen LogP contribution in [0.5, 0.6) is 0 Å². The Kier molecular flexibility index (Phi) is 6.37. The molecule has 0 aliphatic carbocycles. The molecule has 0 bridgehead atoms. The van der Waals surface area contributed by atoms with E-state index in [-0.39, 0.29) is 5.75 Å². The molecule has 2 aliphatic heterocycles. The van der Waals surface area contributed by atoms with Gasteiger partial charge in [0.15, 0.2) is 5.96 Å². The highest BCUT2D eigenvalue weighted by molar-refractivity contribution is 7.89. The van der Waals surface area contributed by atoms with Crippen molar-refractivity contribution in [3.63, 3.8) is 0 Å². The summed E-state index contributed by atoms with van der Waals surface area (Å²) in [4.78, 5) is 6.95. The quantitative estimate of drug-likeness (QED) is 0.566. The highest BCUT2D eigenvalue weighted by Crippen LogP contribution is 2.19. The smallest absolute Gasteiger partial charge is 0.214 e. The molecule has 0 spiro atoms. The molecule has 3 rings (SSSR count). The maximum atomic E-state index is 11.9. The van der Waals surface area contributed by atoms with E-state index in [0.717, 1.165) is 38.4 Å². The van der Waals surface area contributed by atoms with E-state index in [4.69, 9.17) is 0 Å². The van der Waals surface area contributed by atoms with Crippen LogP contribution in [0.1, 0.15) is 19.8 Å². The zero-order chi connectivity index (χ0) is 18.4. The van der Waals surface area contributed by atoms with Crippen LogP contribution in [0.25, 0.3) is 0 Å². The first kappa shape index (κ1) is 19.0. The lowest BCUT2D eigenvalue weighted by molar-refractivity contribution is 0.451. The van der Waals surface area contributed by atoms with Gasteiger partial charge in [0, 0.05) is 44.5 Å². The number of benzene rings is 1. The van der Waals surface area contributed by atoms with Gasteiger partial charge in [-0.2, -0.15) is 0 Å². The number of nitrogens with zero attached hydrogens (tertiary/aromatic N) is 3. The van der Waals surface area contributed by atoms with Crippen LogP contribution in [0.4, 0.5) is 5.69 Å². The molecular formula is C18H29N5O2S. The van der Waals surface area contributed by atoms with Crippen LogP contribution in [0.2, 0.25) is 0 Å². The van der Waals surface area contributed by atoms with Gasteiger partial charge in [0.2, 0.25) is 10.0 Å². The van der Waals surface area contributed by atoms with E-state index in [2.05, 4.69) is 44.8 Å². The topological polar surface area (TPSA) is 77.0 Å². The van der Waals surface area contributed by atoms with E-state index in [1.165, 1.54) is 5.69 Å². The van der Waals surface area contributed by atoms with E-state index in [1.54, 1.807) is 4.31 Å². The summed E-state index contributed by atoms with van der Waals surface area (Å²) >= 11 is 0. The number of aliphatic imine (C=N–C) groups is 1. The van der Waals surface area contributed by atoms with E-state index >= 15 is 0 Å². The van der Waals surface area contributed by atoms with Gasteiger partial charge in [-0.1, -0.05) is 18.2 Å². The first-order chi connectivity index (χ1) is 12.6. The maximum absolute atomic E-state index is 11.9. The highest BCUT2D eigenvalue weighted by atomic mass is 32.2. The molecule has 1 unspecified atom stereocenters. The third-order valence-electron chi connectivity index (χ3n) is 4.82. The second-order valence-corrected chi connectivity index (χ2v) is 8.83. The fraction of sp³-hybridized carbons (Fsp3) is 0.611. The Balaban J connectivity index is 1.52. The van der Waals surface area contributed by atoms with Crippen LogP contribution in [0.15, 0.2) is 35.3 Å². The van der Waals surface area contributed by atoms with Gasteiger partial charge in [-0.05, 0) is 31.9 Å². The van der Waals surface area contributed by atoms with Gasteiger partial charge in [0.1, 0.15) is 0 Å². The van der Waals surface area contributed by atoms with Crippen molar-refractivity contribution in [2.75, 3.05) is 49.9 Å². The molecular weight excluding hydrogens is 350 g/mol. The monoisotopic (exact) mass is 379 g/mol. The predicted molar refractivity (Wildman–Crippen MR) is 106 cm³/mol. The summed E-state index contributed by atoms with van der Waals surface area (Å²) in [5, 5.41) is 6.75. The Morgan fingerprint density at radius 2 is 2.08 bits per heavy atom. The van der Waals surface area contributed by atoms with Crippen LogP contribution in [0, 0.1) is 0 Å². The van der Waals surface area contributed by atoms with Crippen molar-refractivity contribution in [2.24, 2.45) is 4.99 Å². The minimum Gasteiger partial charge on any atom is -0.369 e. The average molecular weight is 380 g/mol. The summed E-state index contributed by atoms with van der Waals surface area (Å²) in [6, 6.07) is 10.8. The maximum Gasteiger partial charge on any atom is 0.214 e. The third-order valence-corrected chi connectivity index (χ3v) is 6.77. The minimum atomic E-state index is -3.04. The molecule has 0 saturated carbocycles. The normalized spacial score (nSPS) is 23.3. The Morgan fingerprint density at radius 3 is 2.77 bits per heavy atom.